The van der Waals surface area contributed by atoms with Gasteiger partial charge in [0.25, 0.3) is 0 Å². The maximum atomic E-state index is 13.7. The van der Waals surface area contributed by atoms with E-state index in [4.69, 9.17) is 66.2 Å². The first-order chi connectivity index (χ1) is 34.6. The predicted octanol–water partition coefficient (Wildman–Crippen LogP) is -4.68. The van der Waals surface area contributed by atoms with Crippen LogP contribution in [-0.4, -0.2) is 217 Å². The van der Waals surface area contributed by atoms with Gasteiger partial charge in [0.15, 0.2) is 18.9 Å². The Bertz CT molecular complexity index is 2650. The van der Waals surface area contributed by atoms with Crippen molar-refractivity contribution in [2.75, 3.05) is 52.8 Å². The number of nitrogens with zero attached hydrogens (tertiary/aromatic N) is 2. The molecule has 0 radical (unpaired) electrons. The highest BCUT2D eigenvalue weighted by Gasteiger charge is 2.54. The molecule has 4 aliphatic heterocycles. The van der Waals surface area contributed by atoms with Gasteiger partial charge < -0.3 is 112 Å². The lowest BCUT2D eigenvalue weighted by atomic mass is 9.84. The highest BCUT2D eigenvalue weighted by atomic mass is 16.8. The number of carboxylic acids is 1. The van der Waals surface area contributed by atoms with Gasteiger partial charge in [-0.3, -0.25) is 0 Å². The van der Waals surface area contributed by atoms with Crippen LogP contribution < -0.4 is 43.5 Å². The van der Waals surface area contributed by atoms with Crippen molar-refractivity contribution in [3.8, 4) is 22.5 Å². The van der Waals surface area contributed by atoms with Crippen LogP contribution in [0.25, 0.3) is 33.4 Å². The highest BCUT2D eigenvalue weighted by molar-refractivity contribution is 6.09. The number of carbonyl (C=O) groups excluding carboxylic acids is 1. The van der Waals surface area contributed by atoms with Crippen LogP contribution in [0.15, 0.2) is 59.0 Å². The molecule has 0 amide bonds. The number of aromatic carboxylic acids is 1. The van der Waals surface area contributed by atoms with Gasteiger partial charge in [0.2, 0.25) is 5.36 Å². The molecule has 1 saturated carbocycles. The van der Waals surface area contributed by atoms with Crippen LogP contribution in [0.4, 0.5) is 5.69 Å². The van der Waals surface area contributed by atoms with Crippen LogP contribution in [0, 0.1) is 0 Å². The smallest absolute Gasteiger partial charge is 0.338 e. The Balaban J connectivity index is 0.991. The van der Waals surface area contributed by atoms with E-state index < -0.39 is 141 Å². The molecule has 2 aliphatic carbocycles. The number of aliphatic hydroxyl groups excluding tert-OH is 7. The van der Waals surface area contributed by atoms with Crippen molar-refractivity contribution in [1.29, 1.82) is 0 Å². The normalized spacial score (nSPS) is 35.8. The van der Waals surface area contributed by atoms with Crippen LogP contribution in [0.3, 0.4) is 0 Å². The summed E-state index contributed by atoms with van der Waals surface area (Å²) in [6.07, 6.45) is -22.6. The number of fused-ring (bicyclic) bond motifs is 2. The summed E-state index contributed by atoms with van der Waals surface area (Å²) in [5, 5.41) is 88.1. The number of nitrogens with two attached hydrogens (primary N) is 5. The standard InChI is InChI=1S/C48H65N7O18/c1-54(2)19-6-9-22-27(12-19)67-28-13-20(55(3)4)7-10-23(28)32(22)21-8-5-18(11-24(21)44(63)64)45(65)66-17-31-37(59)39(61)34(53)47(70-31)71-41-26(51)14-25(50)35(57)43(41)73-48-40(62)42(30(16-56)69-48)72-46-33(52)38(60)36(58)29(15-49)68-46/h5-13,25-26,29-31,33-43,46-48,56-62H,14-17,49-53H2,1-4H3/p+1. The van der Waals surface area contributed by atoms with Gasteiger partial charge in [0, 0.05) is 67.1 Å². The lowest BCUT2D eigenvalue weighted by Crippen LogP contribution is -2.68. The fourth-order valence-electron chi connectivity index (χ4n) is 9.71. The minimum absolute atomic E-state index is 0.0374. The van der Waals surface area contributed by atoms with Gasteiger partial charge in [0.05, 0.1) is 42.0 Å². The zero-order valence-electron chi connectivity index (χ0n) is 40.4. The number of esters is 1. The second kappa shape index (κ2) is 22.2. The average Bonchev–Trinajstić information content (AvgIpc) is 3.66. The summed E-state index contributed by atoms with van der Waals surface area (Å²) < 4.78 is 49.5. The van der Waals surface area contributed by atoms with Crippen molar-refractivity contribution >= 4 is 28.6 Å². The molecular weight excluding hydrogens is 963 g/mol. The molecule has 25 heteroatoms. The molecule has 19 atom stereocenters. The molecular formula is C48H66N7O18+. The zero-order chi connectivity index (χ0) is 52.9. The summed E-state index contributed by atoms with van der Waals surface area (Å²) in [4.78, 5) is 28.6. The van der Waals surface area contributed by atoms with E-state index in [1.54, 1.807) is 0 Å². The molecule has 4 heterocycles. The first-order valence-electron chi connectivity index (χ1n) is 23.7. The van der Waals surface area contributed by atoms with Crippen molar-refractivity contribution in [3.63, 3.8) is 0 Å². The van der Waals surface area contributed by atoms with Crippen molar-refractivity contribution in [2.24, 2.45) is 28.7 Å². The van der Waals surface area contributed by atoms with Crippen LogP contribution in [0.1, 0.15) is 27.1 Å². The maximum absolute atomic E-state index is 13.7. The van der Waals surface area contributed by atoms with Crippen molar-refractivity contribution < 1.29 is 88.0 Å². The molecule has 6 aliphatic rings. The van der Waals surface area contributed by atoms with E-state index in [9.17, 15) is 50.4 Å². The Morgan fingerprint density at radius 1 is 0.699 bits per heavy atom. The minimum atomic E-state index is -1.74. The van der Waals surface area contributed by atoms with Gasteiger partial charge in [-0.15, -0.1) is 0 Å². The number of benzene rings is 3. The molecule has 73 heavy (non-hydrogen) atoms. The van der Waals surface area contributed by atoms with Crippen LogP contribution in [0.5, 0.6) is 0 Å². The van der Waals surface area contributed by atoms with Gasteiger partial charge in [-0.25, -0.2) is 14.2 Å². The molecule has 25 nitrogen and oxygen atoms in total. The topological polar surface area (TPSA) is 410 Å². The largest absolute Gasteiger partial charge is 0.478 e. The van der Waals surface area contributed by atoms with E-state index >= 15 is 0 Å². The molecule has 0 aromatic heterocycles. The summed E-state index contributed by atoms with van der Waals surface area (Å²) in [7, 11) is 7.54. The quantitative estimate of drug-likeness (QED) is 0.0321. The zero-order valence-corrected chi connectivity index (χ0v) is 40.4. The second-order valence-electron chi connectivity index (χ2n) is 19.3. The van der Waals surface area contributed by atoms with Crippen molar-refractivity contribution in [2.45, 2.75) is 123 Å². The molecule has 8 rings (SSSR count). The van der Waals surface area contributed by atoms with Gasteiger partial charge in [-0.1, -0.05) is 6.07 Å². The van der Waals surface area contributed by atoms with E-state index in [0.29, 0.717) is 33.4 Å². The number of anilines is 1. The first kappa shape index (κ1) is 54.4. The van der Waals surface area contributed by atoms with Gasteiger partial charge >= 0.3 is 11.9 Å². The highest BCUT2D eigenvalue weighted by Crippen LogP contribution is 2.43. The number of carboxylic acid groups (broad SMARTS) is 1. The second-order valence-corrected chi connectivity index (χ2v) is 19.3. The van der Waals surface area contributed by atoms with Crippen molar-refractivity contribution in [1.82, 2.24) is 4.58 Å². The van der Waals surface area contributed by atoms with Crippen LogP contribution >= 0.6 is 0 Å². The molecule has 3 saturated heterocycles. The van der Waals surface area contributed by atoms with Gasteiger partial charge in [-0.2, -0.15) is 0 Å². The summed E-state index contributed by atoms with van der Waals surface area (Å²) in [6.45, 7) is -1.63. The lowest BCUT2D eigenvalue weighted by molar-refractivity contribution is -0.310. The molecule has 400 valence electrons. The summed E-state index contributed by atoms with van der Waals surface area (Å²) in [6, 6.07) is 10.4. The number of carbonyl (C=O) groups is 2. The summed E-state index contributed by atoms with van der Waals surface area (Å²) in [5.41, 5.74) is 33.2. The first-order valence-corrected chi connectivity index (χ1v) is 23.7. The predicted molar refractivity (Wildman–Crippen MR) is 256 cm³/mol. The average molecular weight is 1030 g/mol. The lowest BCUT2D eigenvalue weighted by Gasteiger charge is -2.47. The van der Waals surface area contributed by atoms with Gasteiger partial charge in [-0.05, 0) is 42.3 Å². The van der Waals surface area contributed by atoms with E-state index in [1.165, 1.54) is 18.2 Å². The summed E-state index contributed by atoms with van der Waals surface area (Å²) in [5.74, 6) is -1.84. The fraction of sp³-hybridized carbons (Fsp3) is 0.562. The monoisotopic (exact) mass is 1030 g/mol. The number of hydrogen-bond acceptors (Lipinski definition) is 23. The third-order valence-corrected chi connectivity index (χ3v) is 14.0. The maximum Gasteiger partial charge on any atom is 0.338 e. The summed E-state index contributed by atoms with van der Waals surface area (Å²) >= 11 is 0. The van der Waals surface area contributed by atoms with E-state index in [0.717, 1.165) is 11.0 Å². The van der Waals surface area contributed by atoms with E-state index in [1.807, 2.05) is 74.1 Å². The Labute approximate surface area is 418 Å². The Morgan fingerprint density at radius 2 is 1.32 bits per heavy atom. The molecule has 0 spiro atoms. The van der Waals surface area contributed by atoms with E-state index in [-0.39, 0.29) is 24.1 Å². The van der Waals surface area contributed by atoms with Crippen LogP contribution in [-0.2, 0) is 33.2 Å². The third-order valence-electron chi connectivity index (χ3n) is 14.0. The molecule has 0 bridgehead atoms. The minimum Gasteiger partial charge on any atom is -0.478 e. The Hall–Kier alpha value is -4.85. The van der Waals surface area contributed by atoms with E-state index in [2.05, 4.69) is 0 Å². The molecule has 2 aromatic carbocycles. The number of ether oxygens (including phenoxy) is 7. The molecule has 4 fully saturated rings. The molecule has 18 N–H and O–H groups in total. The molecule has 19 unspecified atom stereocenters. The number of aliphatic hydroxyl groups is 7. The fourth-order valence-corrected chi connectivity index (χ4v) is 9.71. The van der Waals surface area contributed by atoms with Crippen LogP contribution in [0.2, 0.25) is 0 Å². The number of hydrogen-bond donors (Lipinski definition) is 13. The molecule has 2 aromatic rings. The number of rotatable bonds is 14. The SMILES string of the molecule is CN(C)c1ccc2c(-c3ccc(C(=O)OCC4OC(OC5C(N)CC(N)C(O)C5OC5OC(CO)C(OC6OC(CN)C(O)C(O)C6N)C5O)C(N)C(O)C4O)cc3C(=O)O)c3ccc(=[N+](C)C)cc-3oc2c1. The van der Waals surface area contributed by atoms with Gasteiger partial charge in [0.1, 0.15) is 99.2 Å². The van der Waals surface area contributed by atoms with Crippen molar-refractivity contribution in [3.05, 3.63) is 71.1 Å². The third kappa shape index (κ3) is 10.7. The Kier molecular flexibility index (Phi) is 16.5. The Morgan fingerprint density at radius 3 is 1.95 bits per heavy atom.